The van der Waals surface area contributed by atoms with E-state index in [9.17, 15) is 0 Å². The first-order chi connectivity index (χ1) is 8.11. The number of aromatic nitrogens is 1. The summed E-state index contributed by atoms with van der Waals surface area (Å²) in [7, 11) is 0. The third-order valence-corrected chi connectivity index (χ3v) is 3.37. The maximum absolute atomic E-state index is 5.73. The van der Waals surface area contributed by atoms with Crippen molar-refractivity contribution in [3.8, 4) is 0 Å². The Morgan fingerprint density at radius 2 is 2.18 bits per heavy atom. The molecule has 1 N–H and O–H groups in total. The van der Waals surface area contributed by atoms with Gasteiger partial charge in [-0.15, -0.1) is 11.3 Å². The summed E-state index contributed by atoms with van der Waals surface area (Å²) < 4.78 is 5.73. The highest BCUT2D eigenvalue weighted by Crippen LogP contribution is 2.12. The topological polar surface area (TPSA) is 34.1 Å². The third kappa shape index (κ3) is 6.15. The first kappa shape index (κ1) is 14.6. The molecule has 1 rings (SSSR count). The minimum atomic E-state index is 0.332. The molecule has 0 fully saturated rings. The van der Waals surface area contributed by atoms with Gasteiger partial charge in [-0.3, -0.25) is 0 Å². The van der Waals surface area contributed by atoms with Crippen LogP contribution in [0.5, 0.6) is 0 Å². The molecule has 0 aliphatic carbocycles. The molecule has 0 saturated carbocycles. The largest absolute Gasteiger partial charge is 0.372 e. The molecule has 0 spiro atoms. The number of nitrogens with one attached hydrogen (secondary N) is 1. The number of ether oxygens (including phenoxy) is 1. The number of hydrogen-bond acceptors (Lipinski definition) is 4. The van der Waals surface area contributed by atoms with Crippen molar-refractivity contribution in [2.75, 3.05) is 0 Å². The predicted molar refractivity (Wildman–Crippen MR) is 73.2 cm³/mol. The van der Waals surface area contributed by atoms with Crippen molar-refractivity contribution >= 4 is 11.3 Å². The maximum atomic E-state index is 5.73. The lowest BCUT2D eigenvalue weighted by Gasteiger charge is -2.10. The second-order valence-electron chi connectivity index (χ2n) is 4.68. The molecule has 0 aliphatic rings. The van der Waals surface area contributed by atoms with Gasteiger partial charge in [-0.05, 0) is 13.3 Å². The van der Waals surface area contributed by atoms with Crippen molar-refractivity contribution in [2.24, 2.45) is 0 Å². The van der Waals surface area contributed by atoms with Crippen molar-refractivity contribution in [3.63, 3.8) is 0 Å². The molecule has 4 heteroatoms. The lowest BCUT2D eigenvalue weighted by atomic mass is 10.2. The van der Waals surface area contributed by atoms with Crippen LogP contribution in [0.1, 0.15) is 51.2 Å². The SMILES string of the molecule is CCCC(C)OCc1csc(CNC(C)C)n1. The average Bonchev–Trinajstić information content (AvgIpc) is 2.72. The molecule has 0 bridgehead atoms. The van der Waals surface area contributed by atoms with E-state index in [1.807, 2.05) is 0 Å². The van der Waals surface area contributed by atoms with Gasteiger partial charge < -0.3 is 10.1 Å². The Morgan fingerprint density at radius 3 is 2.82 bits per heavy atom. The summed E-state index contributed by atoms with van der Waals surface area (Å²) in [6.45, 7) is 10.1. The second-order valence-corrected chi connectivity index (χ2v) is 5.62. The molecule has 0 amide bonds. The van der Waals surface area contributed by atoms with E-state index in [0.29, 0.717) is 18.8 Å². The summed E-state index contributed by atoms with van der Waals surface area (Å²) in [5.74, 6) is 0. The smallest absolute Gasteiger partial charge is 0.107 e. The molecule has 1 heterocycles. The second kappa shape index (κ2) is 7.80. The molecule has 0 saturated heterocycles. The Kier molecular flexibility index (Phi) is 6.70. The summed E-state index contributed by atoms with van der Waals surface area (Å²) in [5.41, 5.74) is 1.05. The van der Waals surface area contributed by atoms with Gasteiger partial charge in [0, 0.05) is 18.0 Å². The molecule has 1 unspecified atom stereocenters. The molecule has 3 nitrogen and oxygen atoms in total. The van der Waals surface area contributed by atoms with Crippen LogP contribution in [0.25, 0.3) is 0 Å². The van der Waals surface area contributed by atoms with Gasteiger partial charge in [-0.1, -0.05) is 27.2 Å². The van der Waals surface area contributed by atoms with Gasteiger partial charge in [-0.2, -0.15) is 0 Å². The minimum absolute atomic E-state index is 0.332. The van der Waals surface area contributed by atoms with Crippen LogP contribution in [0.2, 0.25) is 0 Å². The van der Waals surface area contributed by atoms with Crippen LogP contribution in [0.15, 0.2) is 5.38 Å². The quantitative estimate of drug-likeness (QED) is 0.774. The fourth-order valence-electron chi connectivity index (χ4n) is 1.51. The Balaban J connectivity index is 2.30. The lowest BCUT2D eigenvalue weighted by Crippen LogP contribution is -2.21. The standard InChI is InChI=1S/C13H24N2OS/c1-5-6-11(4)16-8-12-9-17-13(15-12)7-14-10(2)3/h9-11,14H,5-8H2,1-4H3. The zero-order chi connectivity index (χ0) is 12.7. The molecule has 0 aromatic carbocycles. The fourth-order valence-corrected chi connectivity index (χ4v) is 2.23. The highest BCUT2D eigenvalue weighted by atomic mass is 32.1. The van der Waals surface area contributed by atoms with Gasteiger partial charge in [0.25, 0.3) is 0 Å². The van der Waals surface area contributed by atoms with Crippen LogP contribution in [-0.4, -0.2) is 17.1 Å². The lowest BCUT2D eigenvalue weighted by molar-refractivity contribution is 0.0455. The molecular weight excluding hydrogens is 232 g/mol. The Labute approximate surface area is 109 Å². The van der Waals surface area contributed by atoms with E-state index in [4.69, 9.17) is 4.74 Å². The first-order valence-corrected chi connectivity index (χ1v) is 7.28. The summed E-state index contributed by atoms with van der Waals surface area (Å²) in [5, 5.41) is 6.60. The minimum Gasteiger partial charge on any atom is -0.372 e. The summed E-state index contributed by atoms with van der Waals surface area (Å²) >= 11 is 1.70. The molecule has 1 aromatic heterocycles. The fraction of sp³-hybridized carbons (Fsp3) is 0.769. The van der Waals surface area contributed by atoms with E-state index >= 15 is 0 Å². The number of rotatable bonds is 8. The van der Waals surface area contributed by atoms with Crippen molar-refractivity contribution in [1.82, 2.24) is 10.3 Å². The van der Waals surface area contributed by atoms with E-state index in [1.54, 1.807) is 11.3 Å². The number of hydrogen-bond donors (Lipinski definition) is 1. The number of thiazole rings is 1. The van der Waals surface area contributed by atoms with Crippen molar-refractivity contribution in [1.29, 1.82) is 0 Å². The molecule has 98 valence electrons. The first-order valence-electron chi connectivity index (χ1n) is 6.40. The maximum Gasteiger partial charge on any atom is 0.107 e. The van der Waals surface area contributed by atoms with Crippen LogP contribution in [0.4, 0.5) is 0 Å². The third-order valence-electron chi connectivity index (χ3n) is 2.47. The van der Waals surface area contributed by atoms with Crippen molar-refractivity contribution in [3.05, 3.63) is 16.1 Å². The zero-order valence-corrected chi connectivity index (χ0v) is 12.1. The van der Waals surface area contributed by atoms with Gasteiger partial charge in [0.15, 0.2) is 0 Å². The summed E-state index contributed by atoms with van der Waals surface area (Å²) in [4.78, 5) is 4.55. The average molecular weight is 256 g/mol. The summed E-state index contributed by atoms with van der Waals surface area (Å²) in [6.07, 6.45) is 2.62. The molecule has 0 aliphatic heterocycles. The van der Waals surface area contributed by atoms with E-state index in [0.717, 1.165) is 23.7 Å². The molecule has 1 aromatic rings. The van der Waals surface area contributed by atoms with Crippen molar-refractivity contribution < 1.29 is 4.74 Å². The van der Waals surface area contributed by atoms with Crippen LogP contribution in [-0.2, 0) is 17.9 Å². The van der Waals surface area contributed by atoms with Gasteiger partial charge in [0.1, 0.15) is 5.01 Å². The predicted octanol–water partition coefficient (Wildman–Crippen LogP) is 3.35. The monoisotopic (exact) mass is 256 g/mol. The zero-order valence-electron chi connectivity index (χ0n) is 11.3. The molecule has 1 atom stereocenters. The highest BCUT2D eigenvalue weighted by Gasteiger charge is 2.05. The molecular formula is C13H24N2OS. The van der Waals surface area contributed by atoms with Crippen molar-refractivity contribution in [2.45, 2.75) is 65.8 Å². The Morgan fingerprint density at radius 1 is 1.41 bits per heavy atom. The van der Waals surface area contributed by atoms with E-state index in [2.05, 4.69) is 43.4 Å². The van der Waals surface area contributed by atoms with Crippen LogP contribution < -0.4 is 5.32 Å². The number of nitrogens with zero attached hydrogens (tertiary/aromatic N) is 1. The molecule has 0 radical (unpaired) electrons. The van der Waals surface area contributed by atoms with Crippen LogP contribution >= 0.6 is 11.3 Å². The normalized spacial score (nSPS) is 13.2. The van der Waals surface area contributed by atoms with E-state index in [-0.39, 0.29) is 0 Å². The Bertz CT molecular complexity index is 312. The van der Waals surface area contributed by atoms with Gasteiger partial charge in [-0.25, -0.2) is 4.98 Å². The van der Waals surface area contributed by atoms with Gasteiger partial charge >= 0.3 is 0 Å². The Hall–Kier alpha value is -0.450. The summed E-state index contributed by atoms with van der Waals surface area (Å²) in [6, 6.07) is 0.503. The van der Waals surface area contributed by atoms with Crippen LogP contribution in [0, 0.1) is 0 Å². The molecule has 17 heavy (non-hydrogen) atoms. The van der Waals surface area contributed by atoms with Gasteiger partial charge in [0.05, 0.1) is 18.4 Å². The highest BCUT2D eigenvalue weighted by molar-refractivity contribution is 7.09. The van der Waals surface area contributed by atoms with E-state index < -0.39 is 0 Å². The van der Waals surface area contributed by atoms with Gasteiger partial charge in [0.2, 0.25) is 0 Å². The van der Waals surface area contributed by atoms with E-state index in [1.165, 1.54) is 6.42 Å². The van der Waals surface area contributed by atoms with Crippen LogP contribution in [0.3, 0.4) is 0 Å².